The van der Waals surface area contributed by atoms with Gasteiger partial charge in [0.15, 0.2) is 0 Å². The van der Waals surface area contributed by atoms with Crippen molar-refractivity contribution in [1.82, 2.24) is 0 Å². The highest BCUT2D eigenvalue weighted by Gasteiger charge is 2.08. The normalized spacial score (nSPS) is 10.0. The second kappa shape index (κ2) is 5.86. The van der Waals surface area contributed by atoms with Crippen LogP contribution in [-0.2, 0) is 0 Å². The summed E-state index contributed by atoms with van der Waals surface area (Å²) in [5.41, 5.74) is 0.812. The molecule has 0 unspecified atom stereocenters. The number of phenols is 1. The minimum atomic E-state index is -0.487. The summed E-state index contributed by atoms with van der Waals surface area (Å²) < 4.78 is 0. The molecule has 0 aliphatic carbocycles. The maximum Gasteiger partial charge on any atom is 0.323 e. The first-order valence-electron chi connectivity index (χ1n) is 5.41. The average molecular weight is 295 g/mol. The first-order chi connectivity index (χ1) is 9.06. The van der Waals surface area contributed by atoms with Crippen molar-refractivity contribution in [2.24, 2.45) is 0 Å². The molecule has 3 N–H and O–H groups in total. The van der Waals surface area contributed by atoms with E-state index in [9.17, 15) is 9.90 Å². The number of aromatic hydroxyl groups is 1. The van der Waals surface area contributed by atoms with Crippen molar-refractivity contribution in [3.63, 3.8) is 0 Å². The van der Waals surface area contributed by atoms with Crippen LogP contribution in [0.2, 0.25) is 5.02 Å². The highest BCUT2D eigenvalue weighted by atomic mass is 35.5. The van der Waals surface area contributed by atoms with Crippen LogP contribution in [0.4, 0.5) is 16.2 Å². The first-order valence-corrected chi connectivity index (χ1v) is 6.23. The third-order valence-electron chi connectivity index (χ3n) is 2.36. The molecule has 0 aliphatic heterocycles. The summed E-state index contributed by atoms with van der Waals surface area (Å²) in [6.45, 7) is 0. The number of nitrogens with one attached hydrogen (secondary N) is 2. The van der Waals surface area contributed by atoms with Crippen LogP contribution in [-0.4, -0.2) is 11.1 Å². The summed E-state index contributed by atoms with van der Waals surface area (Å²) in [7, 11) is 0. The Morgan fingerprint density at radius 2 is 1.79 bits per heavy atom. The fourth-order valence-electron chi connectivity index (χ4n) is 1.46. The Balaban J connectivity index is 2.10. The molecule has 2 rings (SSSR count). The predicted molar refractivity (Wildman–Crippen MR) is 79.5 cm³/mol. The number of benzene rings is 2. The molecule has 0 saturated heterocycles. The molecule has 4 nitrogen and oxygen atoms in total. The van der Waals surface area contributed by atoms with Crippen molar-refractivity contribution in [3.8, 4) is 5.75 Å². The van der Waals surface area contributed by atoms with E-state index in [2.05, 4.69) is 23.3 Å². The van der Waals surface area contributed by atoms with Crippen molar-refractivity contribution in [2.45, 2.75) is 4.90 Å². The number of carbonyl (C=O) groups is 1. The van der Waals surface area contributed by atoms with Crippen LogP contribution in [0, 0.1) is 0 Å². The van der Waals surface area contributed by atoms with Gasteiger partial charge in [0.1, 0.15) is 5.75 Å². The van der Waals surface area contributed by atoms with Crippen LogP contribution in [0.1, 0.15) is 0 Å². The van der Waals surface area contributed by atoms with E-state index in [1.807, 2.05) is 6.07 Å². The average Bonchev–Trinajstić information content (AvgIpc) is 2.37. The number of anilines is 2. The number of thiol groups is 1. The molecule has 0 aliphatic rings. The summed E-state index contributed by atoms with van der Waals surface area (Å²) in [6.07, 6.45) is 0. The lowest BCUT2D eigenvalue weighted by atomic mass is 10.3. The van der Waals surface area contributed by atoms with E-state index < -0.39 is 6.03 Å². The van der Waals surface area contributed by atoms with Gasteiger partial charge in [-0.15, -0.1) is 12.6 Å². The minimum absolute atomic E-state index is 0.0568. The third kappa shape index (κ3) is 3.56. The van der Waals surface area contributed by atoms with Gasteiger partial charge in [0.2, 0.25) is 0 Å². The van der Waals surface area contributed by atoms with Crippen molar-refractivity contribution >= 4 is 41.6 Å². The number of urea groups is 1. The Kier molecular flexibility index (Phi) is 4.19. The quantitative estimate of drug-likeness (QED) is 0.500. The van der Waals surface area contributed by atoms with Gasteiger partial charge in [-0.2, -0.15) is 0 Å². The van der Waals surface area contributed by atoms with E-state index in [1.54, 1.807) is 18.2 Å². The maximum absolute atomic E-state index is 11.8. The lowest BCUT2D eigenvalue weighted by Crippen LogP contribution is -2.19. The zero-order valence-corrected chi connectivity index (χ0v) is 11.4. The molecule has 0 bridgehead atoms. The lowest BCUT2D eigenvalue weighted by molar-refractivity contribution is 0.262. The van der Waals surface area contributed by atoms with Crippen LogP contribution in [0.3, 0.4) is 0 Å². The molecule has 2 aromatic rings. The van der Waals surface area contributed by atoms with Crippen molar-refractivity contribution in [2.75, 3.05) is 10.6 Å². The molecule has 0 fully saturated rings. The smallest absolute Gasteiger partial charge is 0.323 e. The van der Waals surface area contributed by atoms with Gasteiger partial charge in [0, 0.05) is 9.92 Å². The van der Waals surface area contributed by atoms with Gasteiger partial charge < -0.3 is 15.7 Å². The Morgan fingerprint density at radius 3 is 2.53 bits per heavy atom. The molecule has 19 heavy (non-hydrogen) atoms. The summed E-state index contributed by atoms with van der Waals surface area (Å²) in [5, 5.41) is 15.1. The van der Waals surface area contributed by atoms with Gasteiger partial charge >= 0.3 is 6.03 Å². The number of hydrogen-bond donors (Lipinski definition) is 4. The van der Waals surface area contributed by atoms with E-state index in [0.29, 0.717) is 15.6 Å². The molecule has 0 aromatic heterocycles. The standard InChI is InChI=1S/C13H11ClN2O2S/c14-8-5-6-11(17)10(7-8)16-13(18)15-9-3-1-2-4-12(9)19/h1-7,17,19H,(H2,15,16,18). The number of phenolic OH excluding ortho intramolecular Hbond substituents is 1. The molecule has 0 radical (unpaired) electrons. The fourth-order valence-corrected chi connectivity index (χ4v) is 1.85. The number of amides is 2. The molecule has 2 amide bonds. The minimum Gasteiger partial charge on any atom is -0.506 e. The van der Waals surface area contributed by atoms with Gasteiger partial charge in [0.05, 0.1) is 11.4 Å². The van der Waals surface area contributed by atoms with E-state index >= 15 is 0 Å². The van der Waals surface area contributed by atoms with Crippen molar-refractivity contribution < 1.29 is 9.90 Å². The zero-order chi connectivity index (χ0) is 13.8. The van der Waals surface area contributed by atoms with Crippen LogP contribution in [0.15, 0.2) is 47.4 Å². The molecule has 0 atom stereocenters. The first kappa shape index (κ1) is 13.6. The van der Waals surface area contributed by atoms with Crippen LogP contribution < -0.4 is 10.6 Å². The fraction of sp³-hybridized carbons (Fsp3) is 0. The maximum atomic E-state index is 11.8. The predicted octanol–water partition coefficient (Wildman–Crippen LogP) is 3.98. The van der Waals surface area contributed by atoms with Crippen LogP contribution in [0.5, 0.6) is 5.75 Å². The second-order valence-corrected chi connectivity index (χ2v) is 4.68. The number of carbonyl (C=O) groups excluding carboxylic acids is 1. The molecule has 0 spiro atoms. The van der Waals surface area contributed by atoms with Crippen LogP contribution >= 0.6 is 24.2 Å². The van der Waals surface area contributed by atoms with Crippen LogP contribution in [0.25, 0.3) is 0 Å². The van der Waals surface area contributed by atoms with Gasteiger partial charge in [-0.1, -0.05) is 23.7 Å². The van der Waals surface area contributed by atoms with Gasteiger partial charge in [-0.3, -0.25) is 0 Å². The Morgan fingerprint density at radius 1 is 1.11 bits per heavy atom. The lowest BCUT2D eigenvalue weighted by Gasteiger charge is -2.10. The summed E-state index contributed by atoms with van der Waals surface area (Å²) in [4.78, 5) is 12.4. The van der Waals surface area contributed by atoms with Gasteiger partial charge in [0.25, 0.3) is 0 Å². The molecule has 6 heteroatoms. The summed E-state index contributed by atoms with van der Waals surface area (Å²) in [5.74, 6) is -0.0568. The Bertz CT molecular complexity index is 619. The van der Waals surface area contributed by atoms with Gasteiger partial charge in [-0.25, -0.2) is 4.79 Å². The van der Waals surface area contributed by atoms with Crippen molar-refractivity contribution in [3.05, 3.63) is 47.5 Å². The van der Waals surface area contributed by atoms with E-state index in [4.69, 9.17) is 11.6 Å². The second-order valence-electron chi connectivity index (χ2n) is 3.76. The number of halogens is 1. The molecule has 2 aromatic carbocycles. The Hall–Kier alpha value is -1.85. The highest BCUT2D eigenvalue weighted by molar-refractivity contribution is 7.80. The molecule has 0 heterocycles. The Labute approximate surface area is 120 Å². The van der Waals surface area contributed by atoms with E-state index in [-0.39, 0.29) is 11.4 Å². The van der Waals surface area contributed by atoms with Gasteiger partial charge in [-0.05, 0) is 30.3 Å². The van der Waals surface area contributed by atoms with Crippen molar-refractivity contribution in [1.29, 1.82) is 0 Å². The third-order valence-corrected chi connectivity index (χ3v) is 2.98. The zero-order valence-electron chi connectivity index (χ0n) is 9.72. The van der Waals surface area contributed by atoms with E-state index in [1.165, 1.54) is 18.2 Å². The topological polar surface area (TPSA) is 61.4 Å². The van der Waals surface area contributed by atoms with E-state index in [0.717, 1.165) is 0 Å². The summed E-state index contributed by atoms with van der Waals surface area (Å²) >= 11 is 10.0. The highest BCUT2D eigenvalue weighted by Crippen LogP contribution is 2.27. The number of rotatable bonds is 2. The molecule has 0 saturated carbocycles. The molecular weight excluding hydrogens is 284 g/mol. The monoisotopic (exact) mass is 294 g/mol. The molecule has 98 valence electrons. The summed E-state index contributed by atoms with van der Waals surface area (Å²) in [6, 6.07) is 11.0. The SMILES string of the molecule is O=C(Nc1cc(Cl)ccc1O)Nc1ccccc1S. The number of hydrogen-bond acceptors (Lipinski definition) is 3. The largest absolute Gasteiger partial charge is 0.506 e. The number of para-hydroxylation sites is 1. The molecular formula is C13H11ClN2O2S.